The third-order valence-electron chi connectivity index (χ3n) is 3.09. The maximum Gasteiger partial charge on any atom is 0.183 e. The van der Waals surface area contributed by atoms with E-state index in [0.29, 0.717) is 6.61 Å². The van der Waals surface area contributed by atoms with Crippen LogP contribution in [-0.2, 0) is 9.47 Å². The lowest BCUT2D eigenvalue weighted by Gasteiger charge is -2.25. The first-order valence-electron chi connectivity index (χ1n) is 5.46. The Bertz CT molecular complexity index is 339. The van der Waals surface area contributed by atoms with Crippen LogP contribution >= 0.6 is 11.3 Å². The number of aryl methyl sites for hydroxylation is 2. The van der Waals surface area contributed by atoms with Gasteiger partial charge in [-0.3, -0.25) is 0 Å². The van der Waals surface area contributed by atoms with Crippen molar-refractivity contribution in [1.29, 1.82) is 0 Å². The second-order valence-corrected chi connectivity index (χ2v) is 5.41. The zero-order chi connectivity index (χ0) is 11.6. The molecule has 1 fully saturated rings. The summed E-state index contributed by atoms with van der Waals surface area (Å²) in [6, 6.07) is 0. The van der Waals surface area contributed by atoms with Gasteiger partial charge in [0.05, 0.1) is 12.3 Å². The Balaban J connectivity index is 1.95. The number of hydrogen-bond acceptors (Lipinski definition) is 5. The zero-order valence-electron chi connectivity index (χ0n) is 10.0. The molecule has 1 atom stereocenters. The number of methoxy groups -OCH3 is 1. The van der Waals surface area contributed by atoms with Gasteiger partial charge in [-0.2, -0.15) is 0 Å². The van der Waals surface area contributed by atoms with Crippen LogP contribution < -0.4 is 5.32 Å². The van der Waals surface area contributed by atoms with Crippen molar-refractivity contribution < 1.29 is 9.47 Å². The van der Waals surface area contributed by atoms with Crippen molar-refractivity contribution in [1.82, 2.24) is 4.98 Å². The third kappa shape index (κ3) is 2.36. The van der Waals surface area contributed by atoms with Gasteiger partial charge in [0.1, 0.15) is 5.60 Å². The van der Waals surface area contributed by atoms with E-state index in [4.69, 9.17) is 9.47 Å². The molecule has 2 heterocycles. The molecular weight excluding hydrogens is 224 g/mol. The Labute approximate surface area is 100.0 Å². The lowest BCUT2D eigenvalue weighted by atomic mass is 10.0. The summed E-state index contributed by atoms with van der Waals surface area (Å²) in [5, 5.41) is 4.31. The van der Waals surface area contributed by atoms with Crippen molar-refractivity contribution in [2.24, 2.45) is 0 Å². The molecule has 0 spiro atoms. The van der Waals surface area contributed by atoms with Gasteiger partial charge in [0.25, 0.3) is 0 Å². The van der Waals surface area contributed by atoms with Crippen molar-refractivity contribution in [3.05, 3.63) is 10.6 Å². The van der Waals surface area contributed by atoms with Gasteiger partial charge >= 0.3 is 0 Å². The van der Waals surface area contributed by atoms with Gasteiger partial charge in [-0.25, -0.2) is 4.98 Å². The molecule has 4 nitrogen and oxygen atoms in total. The molecule has 5 heteroatoms. The summed E-state index contributed by atoms with van der Waals surface area (Å²) in [4.78, 5) is 5.71. The van der Waals surface area contributed by atoms with Crippen LogP contribution in [0.1, 0.15) is 17.0 Å². The number of hydrogen-bond donors (Lipinski definition) is 1. The van der Waals surface area contributed by atoms with E-state index < -0.39 is 0 Å². The average Bonchev–Trinajstić information content (AvgIpc) is 2.85. The van der Waals surface area contributed by atoms with E-state index in [1.54, 1.807) is 18.4 Å². The molecule has 0 bridgehead atoms. The highest BCUT2D eigenvalue weighted by Crippen LogP contribution is 2.25. The summed E-state index contributed by atoms with van der Waals surface area (Å²) in [5.41, 5.74) is 0.926. The maximum absolute atomic E-state index is 5.55. The highest BCUT2D eigenvalue weighted by atomic mass is 32.1. The number of rotatable bonds is 4. The van der Waals surface area contributed by atoms with Crippen molar-refractivity contribution >= 4 is 16.5 Å². The fraction of sp³-hybridized carbons (Fsp3) is 0.727. The number of anilines is 1. The lowest BCUT2D eigenvalue weighted by molar-refractivity contribution is -0.00620. The largest absolute Gasteiger partial charge is 0.378 e. The summed E-state index contributed by atoms with van der Waals surface area (Å²) < 4.78 is 10.9. The van der Waals surface area contributed by atoms with Gasteiger partial charge < -0.3 is 14.8 Å². The number of thiazole rings is 1. The summed E-state index contributed by atoms with van der Waals surface area (Å²) in [7, 11) is 1.74. The van der Waals surface area contributed by atoms with E-state index in [9.17, 15) is 0 Å². The number of aromatic nitrogens is 1. The van der Waals surface area contributed by atoms with E-state index in [-0.39, 0.29) is 5.60 Å². The van der Waals surface area contributed by atoms with Gasteiger partial charge in [-0.15, -0.1) is 11.3 Å². The molecule has 0 amide bonds. The van der Waals surface area contributed by atoms with Gasteiger partial charge in [0.2, 0.25) is 0 Å². The monoisotopic (exact) mass is 242 g/mol. The van der Waals surface area contributed by atoms with Crippen LogP contribution in [0.2, 0.25) is 0 Å². The van der Waals surface area contributed by atoms with Crippen LogP contribution in [0, 0.1) is 13.8 Å². The summed E-state index contributed by atoms with van der Waals surface area (Å²) in [5.74, 6) is 0. The standard InChI is InChI=1S/C11H18N2O2S/c1-8-9(2)16-10(13-8)12-6-11(14-3)4-5-15-7-11/h4-7H2,1-3H3,(H,12,13). The van der Waals surface area contributed by atoms with Crippen LogP contribution in [0.3, 0.4) is 0 Å². The van der Waals surface area contributed by atoms with Crippen LogP contribution in [0.25, 0.3) is 0 Å². The smallest absolute Gasteiger partial charge is 0.183 e. The van der Waals surface area contributed by atoms with E-state index in [0.717, 1.165) is 30.4 Å². The second kappa shape index (κ2) is 4.69. The average molecular weight is 242 g/mol. The SMILES string of the molecule is COC1(CNc2nc(C)c(C)s2)CCOC1. The highest BCUT2D eigenvalue weighted by Gasteiger charge is 2.34. The molecule has 1 aliphatic rings. The van der Waals surface area contributed by atoms with E-state index in [1.165, 1.54) is 4.88 Å². The van der Waals surface area contributed by atoms with Gasteiger partial charge in [0, 0.05) is 31.6 Å². The first-order chi connectivity index (χ1) is 7.65. The molecule has 0 radical (unpaired) electrons. The van der Waals surface area contributed by atoms with E-state index >= 15 is 0 Å². The Morgan fingerprint density at radius 3 is 2.88 bits per heavy atom. The van der Waals surface area contributed by atoms with Crippen molar-refractivity contribution in [3.8, 4) is 0 Å². The summed E-state index contributed by atoms with van der Waals surface area (Å²) in [6.45, 7) is 6.33. The molecule has 16 heavy (non-hydrogen) atoms. The van der Waals surface area contributed by atoms with Crippen LogP contribution in [0.15, 0.2) is 0 Å². The summed E-state index contributed by atoms with van der Waals surface area (Å²) >= 11 is 1.69. The molecule has 1 unspecified atom stereocenters. The van der Waals surface area contributed by atoms with Crippen molar-refractivity contribution in [2.45, 2.75) is 25.9 Å². The topological polar surface area (TPSA) is 43.4 Å². The molecule has 1 saturated heterocycles. The predicted molar refractivity (Wildman–Crippen MR) is 65.3 cm³/mol. The Morgan fingerprint density at radius 2 is 2.38 bits per heavy atom. The fourth-order valence-electron chi connectivity index (χ4n) is 1.75. The minimum atomic E-state index is -0.173. The Hall–Kier alpha value is -0.650. The van der Waals surface area contributed by atoms with Crippen molar-refractivity contribution in [3.63, 3.8) is 0 Å². The first kappa shape index (κ1) is 11.8. The van der Waals surface area contributed by atoms with Gasteiger partial charge in [0.15, 0.2) is 5.13 Å². The molecule has 2 rings (SSSR count). The van der Waals surface area contributed by atoms with Gasteiger partial charge in [-0.1, -0.05) is 0 Å². The fourth-order valence-corrected chi connectivity index (χ4v) is 2.56. The van der Waals surface area contributed by atoms with Crippen LogP contribution in [0.4, 0.5) is 5.13 Å². The summed E-state index contributed by atoms with van der Waals surface area (Å²) in [6.07, 6.45) is 0.944. The van der Waals surface area contributed by atoms with Crippen LogP contribution in [0.5, 0.6) is 0 Å². The lowest BCUT2D eigenvalue weighted by Crippen LogP contribution is -2.39. The zero-order valence-corrected chi connectivity index (χ0v) is 10.8. The number of ether oxygens (including phenoxy) is 2. The molecule has 1 aromatic rings. The molecule has 90 valence electrons. The van der Waals surface area contributed by atoms with Gasteiger partial charge in [-0.05, 0) is 13.8 Å². The molecule has 0 aliphatic carbocycles. The maximum atomic E-state index is 5.55. The Morgan fingerprint density at radius 1 is 1.56 bits per heavy atom. The minimum absolute atomic E-state index is 0.173. The quantitative estimate of drug-likeness (QED) is 0.876. The third-order valence-corrected chi connectivity index (χ3v) is 4.12. The molecule has 0 aromatic carbocycles. The number of nitrogens with one attached hydrogen (secondary N) is 1. The minimum Gasteiger partial charge on any atom is -0.378 e. The predicted octanol–water partition coefficient (Wildman–Crippen LogP) is 1.98. The molecule has 1 aliphatic heterocycles. The van der Waals surface area contributed by atoms with Crippen molar-refractivity contribution in [2.75, 3.05) is 32.2 Å². The molecule has 0 saturated carbocycles. The Kier molecular flexibility index (Phi) is 3.47. The first-order valence-corrected chi connectivity index (χ1v) is 6.28. The normalized spacial score (nSPS) is 24.9. The van der Waals surface area contributed by atoms with Crippen LogP contribution in [-0.4, -0.2) is 37.5 Å². The number of nitrogens with zero attached hydrogens (tertiary/aromatic N) is 1. The second-order valence-electron chi connectivity index (χ2n) is 4.20. The molecular formula is C11H18N2O2S. The highest BCUT2D eigenvalue weighted by molar-refractivity contribution is 7.15. The molecule has 1 N–H and O–H groups in total. The van der Waals surface area contributed by atoms with E-state index in [1.807, 2.05) is 6.92 Å². The van der Waals surface area contributed by atoms with E-state index in [2.05, 4.69) is 17.2 Å². The molecule has 1 aromatic heterocycles.